The molecule has 0 spiro atoms. The fourth-order valence-electron chi connectivity index (χ4n) is 5.38. The van der Waals surface area contributed by atoms with E-state index in [1.165, 1.54) is 13.0 Å². The second-order valence-corrected chi connectivity index (χ2v) is 10.1. The van der Waals surface area contributed by atoms with Gasteiger partial charge in [0.15, 0.2) is 0 Å². The molecule has 38 heavy (non-hydrogen) atoms. The van der Waals surface area contributed by atoms with Crippen molar-refractivity contribution in [2.45, 2.75) is 57.9 Å². The monoisotopic (exact) mass is 529 g/mol. The third-order valence-electron chi connectivity index (χ3n) is 7.44. The van der Waals surface area contributed by atoms with Gasteiger partial charge in [0.1, 0.15) is 17.4 Å². The van der Waals surface area contributed by atoms with Gasteiger partial charge in [-0.3, -0.25) is 4.79 Å². The van der Waals surface area contributed by atoms with Crippen LogP contribution >= 0.6 is 0 Å². The van der Waals surface area contributed by atoms with Crippen molar-refractivity contribution in [1.82, 2.24) is 14.9 Å². The van der Waals surface area contributed by atoms with E-state index < -0.39 is 23.4 Å². The molecule has 1 amide bonds. The minimum absolute atomic E-state index is 0.0172. The highest BCUT2D eigenvalue weighted by molar-refractivity contribution is 5.94. The Morgan fingerprint density at radius 3 is 2.58 bits per heavy atom. The van der Waals surface area contributed by atoms with Crippen LogP contribution in [0.25, 0.3) is 10.9 Å². The summed E-state index contributed by atoms with van der Waals surface area (Å²) in [6.45, 7) is 6.28. The Labute approximate surface area is 218 Å². The topological polar surface area (TPSA) is 114 Å². The van der Waals surface area contributed by atoms with Crippen molar-refractivity contribution in [2.24, 2.45) is 0 Å². The number of carbonyl (C=O) groups is 1. The SMILES string of the molecule is CC(=O)N1CCC(O)(c2cc3c(N[C@H](C)c4cc(N)cc(C(F)(F)F)c4)nc(C)nc3c3c2OCC3)CC1. The fourth-order valence-corrected chi connectivity index (χ4v) is 5.38. The van der Waals surface area contributed by atoms with Gasteiger partial charge in [-0.15, -0.1) is 0 Å². The lowest BCUT2D eigenvalue weighted by Gasteiger charge is -2.39. The first-order valence-electron chi connectivity index (χ1n) is 12.6. The Kier molecular flexibility index (Phi) is 6.37. The number of halogens is 3. The molecule has 4 N–H and O–H groups in total. The van der Waals surface area contributed by atoms with Crippen LogP contribution in [0.2, 0.25) is 0 Å². The molecule has 0 unspecified atom stereocenters. The normalized spacial score (nSPS) is 17.7. The van der Waals surface area contributed by atoms with Gasteiger partial charge in [0.25, 0.3) is 0 Å². The van der Waals surface area contributed by atoms with E-state index in [1.807, 2.05) is 6.07 Å². The summed E-state index contributed by atoms with van der Waals surface area (Å²) in [4.78, 5) is 22.8. The third-order valence-corrected chi connectivity index (χ3v) is 7.44. The number of nitrogens with zero attached hydrogens (tertiary/aromatic N) is 3. The van der Waals surface area contributed by atoms with E-state index in [2.05, 4.69) is 15.3 Å². The number of anilines is 2. The predicted octanol–water partition coefficient (Wildman–Crippen LogP) is 4.48. The molecule has 1 atom stereocenters. The van der Waals surface area contributed by atoms with E-state index in [1.54, 1.807) is 18.7 Å². The lowest BCUT2D eigenvalue weighted by molar-refractivity contribution is -0.137. The maximum atomic E-state index is 13.4. The zero-order valence-electron chi connectivity index (χ0n) is 21.4. The van der Waals surface area contributed by atoms with Crippen molar-refractivity contribution in [3.8, 4) is 5.75 Å². The summed E-state index contributed by atoms with van der Waals surface area (Å²) in [5, 5.41) is 15.6. The average Bonchev–Trinajstić information content (AvgIpc) is 3.33. The molecule has 0 bridgehead atoms. The van der Waals surface area contributed by atoms with Crippen LogP contribution in [-0.4, -0.2) is 45.6 Å². The molecular weight excluding hydrogens is 499 g/mol. The van der Waals surface area contributed by atoms with E-state index >= 15 is 0 Å². The van der Waals surface area contributed by atoms with E-state index in [0.29, 0.717) is 78.4 Å². The molecule has 0 radical (unpaired) electrons. The summed E-state index contributed by atoms with van der Waals surface area (Å²) >= 11 is 0. The lowest BCUT2D eigenvalue weighted by atomic mass is 9.82. The summed E-state index contributed by atoms with van der Waals surface area (Å²) in [6, 6.07) is 4.75. The minimum Gasteiger partial charge on any atom is -0.492 e. The molecule has 0 aliphatic carbocycles. The van der Waals surface area contributed by atoms with Crippen LogP contribution in [0, 0.1) is 6.92 Å². The maximum absolute atomic E-state index is 13.4. The van der Waals surface area contributed by atoms with Gasteiger partial charge in [0, 0.05) is 48.6 Å². The number of rotatable bonds is 4. The Balaban J connectivity index is 1.58. The van der Waals surface area contributed by atoms with E-state index in [-0.39, 0.29) is 11.6 Å². The van der Waals surface area contributed by atoms with Gasteiger partial charge in [0.05, 0.1) is 29.3 Å². The first-order valence-corrected chi connectivity index (χ1v) is 12.6. The fraction of sp³-hybridized carbons (Fsp3) is 0.444. The Hall–Kier alpha value is -3.60. The van der Waals surface area contributed by atoms with Crippen LogP contribution in [0.5, 0.6) is 5.75 Å². The Morgan fingerprint density at radius 2 is 1.92 bits per heavy atom. The van der Waals surface area contributed by atoms with Gasteiger partial charge >= 0.3 is 6.18 Å². The molecule has 1 fully saturated rings. The molecule has 2 aliphatic rings. The van der Waals surface area contributed by atoms with Gasteiger partial charge in [-0.1, -0.05) is 0 Å². The van der Waals surface area contributed by atoms with Crippen molar-refractivity contribution in [1.29, 1.82) is 0 Å². The number of amides is 1. The number of nitrogens with two attached hydrogens (primary N) is 1. The Bertz CT molecular complexity index is 1420. The van der Waals surface area contributed by atoms with Crippen LogP contribution in [0.15, 0.2) is 24.3 Å². The third kappa shape index (κ3) is 4.70. The number of hydrogen-bond acceptors (Lipinski definition) is 7. The number of aromatic nitrogens is 2. The smallest absolute Gasteiger partial charge is 0.416 e. The van der Waals surface area contributed by atoms with Gasteiger partial charge in [-0.2, -0.15) is 13.2 Å². The number of piperidine rings is 1. The molecule has 5 rings (SSSR count). The highest BCUT2D eigenvalue weighted by atomic mass is 19.4. The summed E-state index contributed by atoms with van der Waals surface area (Å²) in [6.07, 6.45) is -3.22. The quantitative estimate of drug-likeness (QED) is 0.427. The molecular formula is C27H30F3N5O3. The van der Waals surface area contributed by atoms with Crippen LogP contribution in [0.4, 0.5) is 24.7 Å². The zero-order valence-corrected chi connectivity index (χ0v) is 21.4. The largest absolute Gasteiger partial charge is 0.492 e. The number of benzene rings is 2. The first kappa shape index (κ1) is 26.0. The van der Waals surface area contributed by atoms with E-state index in [9.17, 15) is 23.1 Å². The van der Waals surface area contributed by atoms with Gasteiger partial charge < -0.3 is 25.8 Å². The number of carbonyl (C=O) groups excluding carboxylic acids is 1. The number of aryl methyl sites for hydroxylation is 1. The molecule has 1 saturated heterocycles. The van der Waals surface area contributed by atoms with Gasteiger partial charge in [0.2, 0.25) is 5.91 Å². The minimum atomic E-state index is -4.52. The van der Waals surface area contributed by atoms with Crippen LogP contribution in [0.1, 0.15) is 60.8 Å². The van der Waals surface area contributed by atoms with Gasteiger partial charge in [-0.05, 0) is 56.5 Å². The molecule has 2 aliphatic heterocycles. The predicted molar refractivity (Wildman–Crippen MR) is 137 cm³/mol. The lowest BCUT2D eigenvalue weighted by Crippen LogP contribution is -2.44. The van der Waals surface area contributed by atoms with Crippen LogP contribution < -0.4 is 15.8 Å². The van der Waals surface area contributed by atoms with Gasteiger partial charge in [-0.25, -0.2) is 9.97 Å². The van der Waals surface area contributed by atoms with Crippen molar-refractivity contribution in [3.05, 3.63) is 52.3 Å². The molecule has 3 aromatic rings. The summed E-state index contributed by atoms with van der Waals surface area (Å²) in [5.41, 5.74) is 6.30. The standard InChI is InChI=1S/C27H30F3N5O3/c1-14(17-10-18(27(28,29)30)12-19(31)11-17)32-25-21-13-22(26(37)5-7-35(8-6-26)16(3)36)24-20(4-9-38-24)23(21)33-15(2)34-25/h10-14,37H,4-9,31H2,1-3H3,(H,32,33,34)/t14-/m1/s1. The van der Waals surface area contributed by atoms with Crippen LogP contribution in [0.3, 0.4) is 0 Å². The number of aliphatic hydroxyl groups is 1. The second-order valence-electron chi connectivity index (χ2n) is 10.1. The van der Waals surface area contributed by atoms with Crippen molar-refractivity contribution >= 4 is 28.3 Å². The van der Waals surface area contributed by atoms with E-state index in [0.717, 1.165) is 17.7 Å². The molecule has 0 saturated carbocycles. The van der Waals surface area contributed by atoms with Crippen LogP contribution in [-0.2, 0) is 23.0 Å². The molecule has 11 heteroatoms. The summed E-state index contributed by atoms with van der Waals surface area (Å²) in [7, 11) is 0. The number of likely N-dealkylation sites (tertiary alicyclic amines) is 1. The number of nitrogens with one attached hydrogen (secondary N) is 1. The molecule has 3 heterocycles. The van der Waals surface area contributed by atoms with Crippen molar-refractivity contribution < 1.29 is 27.8 Å². The molecule has 2 aromatic carbocycles. The van der Waals surface area contributed by atoms with E-state index in [4.69, 9.17) is 10.5 Å². The number of alkyl halides is 3. The Morgan fingerprint density at radius 1 is 1.21 bits per heavy atom. The van der Waals surface area contributed by atoms with Crippen molar-refractivity contribution in [2.75, 3.05) is 30.7 Å². The van der Waals surface area contributed by atoms with Crippen molar-refractivity contribution in [3.63, 3.8) is 0 Å². The number of ether oxygens (including phenoxy) is 1. The summed E-state index contributed by atoms with van der Waals surface area (Å²) in [5.74, 6) is 1.51. The molecule has 202 valence electrons. The molecule has 1 aromatic heterocycles. The first-order chi connectivity index (χ1) is 17.9. The average molecular weight is 530 g/mol. The number of nitrogen functional groups attached to an aromatic ring is 1. The number of hydrogen-bond donors (Lipinski definition) is 3. The second kappa shape index (κ2) is 9.30. The number of fused-ring (bicyclic) bond motifs is 3. The zero-order chi connectivity index (χ0) is 27.4. The molecule has 8 nitrogen and oxygen atoms in total. The maximum Gasteiger partial charge on any atom is 0.416 e. The highest BCUT2D eigenvalue weighted by Gasteiger charge is 2.40. The highest BCUT2D eigenvalue weighted by Crippen LogP contribution is 2.46. The summed E-state index contributed by atoms with van der Waals surface area (Å²) < 4.78 is 46.2.